The SMILES string of the molecule is COC(=O)c1c(NC(=O)COc2ccccc2Cl)sc(C)c1-c1ccc(Br)cc1. The summed E-state index contributed by atoms with van der Waals surface area (Å²) in [5, 5.41) is 3.59. The van der Waals surface area contributed by atoms with Gasteiger partial charge in [-0.25, -0.2) is 4.79 Å². The number of benzene rings is 2. The summed E-state index contributed by atoms with van der Waals surface area (Å²) in [5.41, 5.74) is 1.91. The minimum absolute atomic E-state index is 0.241. The third-order valence-electron chi connectivity index (χ3n) is 4.06. The molecule has 3 aromatic rings. The molecule has 0 radical (unpaired) electrons. The second-order valence-electron chi connectivity index (χ2n) is 6.00. The smallest absolute Gasteiger partial charge is 0.341 e. The van der Waals surface area contributed by atoms with Crippen LogP contribution in [0.2, 0.25) is 5.02 Å². The molecule has 29 heavy (non-hydrogen) atoms. The van der Waals surface area contributed by atoms with Crippen LogP contribution in [0.25, 0.3) is 11.1 Å². The van der Waals surface area contributed by atoms with E-state index in [1.54, 1.807) is 24.3 Å². The Morgan fingerprint density at radius 3 is 2.48 bits per heavy atom. The number of rotatable bonds is 6. The Hall–Kier alpha value is -2.35. The molecular formula is C21H17BrClNO4S. The number of nitrogens with one attached hydrogen (secondary N) is 1. The first-order chi connectivity index (χ1) is 13.9. The summed E-state index contributed by atoms with van der Waals surface area (Å²) < 4.78 is 11.4. The summed E-state index contributed by atoms with van der Waals surface area (Å²) in [6.07, 6.45) is 0. The number of methoxy groups -OCH3 is 1. The van der Waals surface area contributed by atoms with Gasteiger partial charge in [0.15, 0.2) is 6.61 Å². The summed E-state index contributed by atoms with van der Waals surface area (Å²) in [4.78, 5) is 25.8. The van der Waals surface area contributed by atoms with E-state index in [-0.39, 0.29) is 6.61 Å². The van der Waals surface area contributed by atoms with Crippen molar-refractivity contribution in [2.75, 3.05) is 19.0 Å². The lowest BCUT2D eigenvalue weighted by molar-refractivity contribution is -0.118. The first-order valence-corrected chi connectivity index (χ1v) is 10.5. The van der Waals surface area contributed by atoms with Crippen molar-refractivity contribution in [1.82, 2.24) is 0 Å². The number of anilines is 1. The molecule has 0 saturated carbocycles. The lowest BCUT2D eigenvalue weighted by Gasteiger charge is -2.10. The summed E-state index contributed by atoms with van der Waals surface area (Å²) >= 11 is 10.8. The van der Waals surface area contributed by atoms with E-state index < -0.39 is 11.9 Å². The third-order valence-corrected chi connectivity index (χ3v) is 5.92. The lowest BCUT2D eigenvalue weighted by atomic mass is 10.0. The van der Waals surface area contributed by atoms with Gasteiger partial charge in [-0.15, -0.1) is 11.3 Å². The van der Waals surface area contributed by atoms with Gasteiger partial charge in [-0.05, 0) is 36.8 Å². The number of carbonyl (C=O) groups excluding carboxylic acids is 2. The zero-order valence-corrected chi connectivity index (χ0v) is 18.8. The van der Waals surface area contributed by atoms with E-state index in [0.29, 0.717) is 21.3 Å². The van der Waals surface area contributed by atoms with Gasteiger partial charge in [0.2, 0.25) is 0 Å². The van der Waals surface area contributed by atoms with Crippen LogP contribution < -0.4 is 10.1 Å². The molecule has 3 rings (SSSR count). The number of esters is 1. The largest absolute Gasteiger partial charge is 0.482 e. The zero-order valence-electron chi connectivity index (χ0n) is 15.6. The molecular weight excluding hydrogens is 478 g/mol. The number of carbonyl (C=O) groups is 2. The molecule has 0 atom stereocenters. The minimum atomic E-state index is -0.519. The van der Waals surface area contributed by atoms with Crippen molar-refractivity contribution in [3.8, 4) is 16.9 Å². The number of ether oxygens (including phenoxy) is 2. The molecule has 0 aliphatic heterocycles. The Morgan fingerprint density at radius 1 is 1.14 bits per heavy atom. The molecule has 0 aliphatic carbocycles. The van der Waals surface area contributed by atoms with Gasteiger partial charge in [0.05, 0.1) is 12.1 Å². The van der Waals surface area contributed by atoms with Gasteiger partial charge >= 0.3 is 5.97 Å². The van der Waals surface area contributed by atoms with E-state index in [9.17, 15) is 9.59 Å². The molecule has 1 heterocycles. The number of aryl methyl sites for hydroxylation is 1. The number of hydrogen-bond acceptors (Lipinski definition) is 5. The van der Waals surface area contributed by atoms with Crippen LogP contribution in [0.15, 0.2) is 53.0 Å². The predicted octanol–water partition coefficient (Wildman–Crippen LogP) is 5.94. The average molecular weight is 495 g/mol. The van der Waals surface area contributed by atoms with Gasteiger partial charge < -0.3 is 14.8 Å². The van der Waals surface area contributed by atoms with Crippen molar-refractivity contribution < 1.29 is 19.1 Å². The van der Waals surface area contributed by atoms with Crippen LogP contribution in [0, 0.1) is 6.92 Å². The minimum Gasteiger partial charge on any atom is -0.482 e. The van der Waals surface area contributed by atoms with E-state index in [0.717, 1.165) is 20.5 Å². The summed E-state index contributed by atoms with van der Waals surface area (Å²) in [7, 11) is 1.31. The van der Waals surface area contributed by atoms with E-state index in [1.807, 2.05) is 31.2 Å². The fourth-order valence-electron chi connectivity index (χ4n) is 2.76. The third kappa shape index (κ3) is 4.98. The van der Waals surface area contributed by atoms with Crippen molar-refractivity contribution >= 4 is 55.7 Å². The maximum atomic E-state index is 12.5. The van der Waals surface area contributed by atoms with Crippen LogP contribution in [-0.2, 0) is 9.53 Å². The van der Waals surface area contributed by atoms with Gasteiger partial charge in [-0.3, -0.25) is 4.79 Å². The fraction of sp³-hybridized carbons (Fsp3) is 0.143. The summed E-state index contributed by atoms with van der Waals surface area (Å²) in [6, 6.07) is 14.5. The molecule has 0 bridgehead atoms. The molecule has 1 amide bonds. The maximum absolute atomic E-state index is 12.5. The number of hydrogen-bond donors (Lipinski definition) is 1. The van der Waals surface area contributed by atoms with Crippen LogP contribution in [0.4, 0.5) is 5.00 Å². The normalized spacial score (nSPS) is 10.5. The topological polar surface area (TPSA) is 64.6 Å². The van der Waals surface area contributed by atoms with Gasteiger partial charge in [0.1, 0.15) is 16.3 Å². The molecule has 150 valence electrons. The highest BCUT2D eigenvalue weighted by Crippen LogP contribution is 2.40. The summed E-state index contributed by atoms with van der Waals surface area (Å²) in [6.45, 7) is 1.65. The second-order valence-corrected chi connectivity index (χ2v) is 8.55. The molecule has 2 aromatic carbocycles. The van der Waals surface area contributed by atoms with Crippen molar-refractivity contribution in [2.45, 2.75) is 6.92 Å². The van der Waals surface area contributed by atoms with Crippen LogP contribution in [0.5, 0.6) is 5.75 Å². The van der Waals surface area contributed by atoms with Gasteiger partial charge in [0.25, 0.3) is 5.91 Å². The Bertz CT molecular complexity index is 1050. The van der Waals surface area contributed by atoms with Crippen LogP contribution >= 0.6 is 38.9 Å². The molecule has 0 unspecified atom stereocenters. The monoisotopic (exact) mass is 493 g/mol. The molecule has 0 aliphatic rings. The molecule has 0 saturated heterocycles. The molecule has 0 fully saturated rings. The Balaban J connectivity index is 1.86. The van der Waals surface area contributed by atoms with E-state index in [4.69, 9.17) is 21.1 Å². The van der Waals surface area contributed by atoms with Gasteiger partial charge in [-0.2, -0.15) is 0 Å². The van der Waals surface area contributed by atoms with Crippen LogP contribution in [0.3, 0.4) is 0 Å². The highest BCUT2D eigenvalue weighted by Gasteiger charge is 2.25. The lowest BCUT2D eigenvalue weighted by Crippen LogP contribution is -2.21. The molecule has 5 nitrogen and oxygen atoms in total. The number of thiophene rings is 1. The second kappa shape index (κ2) is 9.43. The molecule has 8 heteroatoms. The number of para-hydroxylation sites is 1. The van der Waals surface area contributed by atoms with Crippen molar-refractivity contribution in [2.24, 2.45) is 0 Å². The fourth-order valence-corrected chi connectivity index (χ4v) is 4.30. The van der Waals surface area contributed by atoms with Crippen molar-refractivity contribution in [3.05, 3.63) is 68.5 Å². The standard InChI is InChI=1S/C21H17BrClNO4S/c1-12-18(13-7-9-14(22)10-8-13)19(21(26)27-2)20(29-12)24-17(25)11-28-16-6-4-3-5-15(16)23/h3-10H,11H2,1-2H3,(H,24,25). The van der Waals surface area contributed by atoms with E-state index in [2.05, 4.69) is 21.2 Å². The van der Waals surface area contributed by atoms with Gasteiger partial charge in [-0.1, -0.05) is 51.8 Å². The Morgan fingerprint density at radius 2 is 1.83 bits per heavy atom. The number of amides is 1. The number of halogens is 2. The average Bonchev–Trinajstić information content (AvgIpc) is 3.03. The van der Waals surface area contributed by atoms with Gasteiger partial charge in [0, 0.05) is 14.9 Å². The van der Waals surface area contributed by atoms with E-state index in [1.165, 1.54) is 18.4 Å². The Kier molecular flexibility index (Phi) is 6.95. The highest BCUT2D eigenvalue weighted by molar-refractivity contribution is 9.10. The molecule has 1 aromatic heterocycles. The Labute approximate surface area is 185 Å². The first kappa shape index (κ1) is 21.4. The highest BCUT2D eigenvalue weighted by atomic mass is 79.9. The predicted molar refractivity (Wildman–Crippen MR) is 119 cm³/mol. The first-order valence-electron chi connectivity index (χ1n) is 8.55. The quantitative estimate of drug-likeness (QED) is 0.431. The summed E-state index contributed by atoms with van der Waals surface area (Å²) in [5.74, 6) is -0.510. The van der Waals surface area contributed by atoms with Crippen molar-refractivity contribution in [3.63, 3.8) is 0 Å². The maximum Gasteiger partial charge on any atom is 0.341 e. The van der Waals surface area contributed by atoms with E-state index >= 15 is 0 Å². The van der Waals surface area contributed by atoms with Crippen LogP contribution in [0.1, 0.15) is 15.2 Å². The van der Waals surface area contributed by atoms with Crippen molar-refractivity contribution in [1.29, 1.82) is 0 Å². The zero-order chi connectivity index (χ0) is 21.0. The molecule has 1 N–H and O–H groups in total. The molecule has 0 spiro atoms. The van der Waals surface area contributed by atoms with Crippen LogP contribution in [-0.4, -0.2) is 25.6 Å².